The average molecular weight is 223 g/mol. The Balaban J connectivity index is 4.00. The van der Waals surface area contributed by atoms with E-state index in [1.165, 1.54) is 6.26 Å². The van der Waals surface area contributed by atoms with Gasteiger partial charge >= 0.3 is 0 Å². The molecule has 86 valence electrons. The maximum absolute atomic E-state index is 11.0. The Labute approximate surface area is 86.8 Å². The number of hydrogen-bond acceptors (Lipinski definition) is 4. The van der Waals surface area contributed by atoms with Crippen LogP contribution < -0.4 is 0 Å². The molecule has 0 heterocycles. The molecule has 1 N–H and O–H groups in total. The molecular formula is C9H21NO3S. The second-order valence-electron chi connectivity index (χ2n) is 4.17. The molecule has 0 rings (SSSR count). The van der Waals surface area contributed by atoms with Crippen LogP contribution in [-0.2, 0) is 9.84 Å². The summed E-state index contributed by atoms with van der Waals surface area (Å²) in [6, 6.07) is 0.0806. The maximum atomic E-state index is 11.0. The van der Waals surface area contributed by atoms with Gasteiger partial charge in [-0.1, -0.05) is 6.92 Å². The van der Waals surface area contributed by atoms with E-state index in [0.29, 0.717) is 6.54 Å². The third kappa shape index (κ3) is 6.34. The van der Waals surface area contributed by atoms with Crippen LogP contribution in [0.5, 0.6) is 0 Å². The van der Waals surface area contributed by atoms with E-state index in [1.807, 2.05) is 25.8 Å². The van der Waals surface area contributed by atoms with Crippen LogP contribution in [0.2, 0.25) is 0 Å². The smallest absolute Gasteiger partial charge is 0.147 e. The van der Waals surface area contributed by atoms with Crippen molar-refractivity contribution >= 4 is 9.84 Å². The van der Waals surface area contributed by atoms with Crippen molar-refractivity contribution in [2.24, 2.45) is 5.92 Å². The molecule has 0 spiro atoms. The molecule has 2 atom stereocenters. The molecular weight excluding hydrogens is 202 g/mol. The zero-order valence-corrected chi connectivity index (χ0v) is 10.2. The van der Waals surface area contributed by atoms with Crippen LogP contribution in [0.1, 0.15) is 13.8 Å². The zero-order valence-electron chi connectivity index (χ0n) is 9.40. The van der Waals surface area contributed by atoms with Gasteiger partial charge in [0.1, 0.15) is 9.84 Å². The second kappa shape index (κ2) is 5.68. The Kier molecular flexibility index (Phi) is 5.63. The normalized spacial score (nSPS) is 17.0. The van der Waals surface area contributed by atoms with Crippen LogP contribution >= 0.6 is 0 Å². The molecule has 0 aromatic rings. The van der Waals surface area contributed by atoms with Crippen molar-refractivity contribution in [1.82, 2.24) is 4.90 Å². The summed E-state index contributed by atoms with van der Waals surface area (Å²) in [6.07, 6.45) is 1.25. The minimum absolute atomic E-state index is 0.0806. The number of aliphatic hydroxyl groups excluding tert-OH is 1. The summed E-state index contributed by atoms with van der Waals surface area (Å²) in [6.45, 7) is 4.60. The summed E-state index contributed by atoms with van der Waals surface area (Å²) < 4.78 is 22.0. The molecule has 5 heteroatoms. The Morgan fingerprint density at radius 2 is 1.86 bits per heavy atom. The summed E-state index contributed by atoms with van der Waals surface area (Å²) >= 11 is 0. The highest BCUT2D eigenvalue weighted by Crippen LogP contribution is 2.04. The fraction of sp³-hybridized carbons (Fsp3) is 1.00. The van der Waals surface area contributed by atoms with Crippen LogP contribution in [-0.4, -0.2) is 56.7 Å². The Morgan fingerprint density at radius 1 is 1.36 bits per heavy atom. The molecule has 2 unspecified atom stereocenters. The van der Waals surface area contributed by atoms with Gasteiger partial charge in [-0.2, -0.15) is 0 Å². The van der Waals surface area contributed by atoms with Crippen LogP contribution in [0.3, 0.4) is 0 Å². The van der Waals surface area contributed by atoms with Crippen LogP contribution in [0, 0.1) is 5.92 Å². The molecule has 0 radical (unpaired) electrons. The lowest BCUT2D eigenvalue weighted by atomic mass is 10.2. The number of rotatable bonds is 6. The quantitative estimate of drug-likeness (QED) is 0.687. The van der Waals surface area contributed by atoms with E-state index < -0.39 is 9.84 Å². The topological polar surface area (TPSA) is 57.6 Å². The van der Waals surface area contributed by atoms with E-state index >= 15 is 0 Å². The predicted molar refractivity (Wildman–Crippen MR) is 58.1 cm³/mol. The van der Waals surface area contributed by atoms with Gasteiger partial charge in [-0.15, -0.1) is 0 Å². The summed E-state index contributed by atoms with van der Waals surface area (Å²) in [5.41, 5.74) is 0. The van der Waals surface area contributed by atoms with E-state index in [0.717, 1.165) is 0 Å². The molecule has 0 bridgehead atoms. The van der Waals surface area contributed by atoms with Crippen molar-refractivity contribution in [1.29, 1.82) is 0 Å². The molecule has 0 aromatic heterocycles. The third-order valence-electron chi connectivity index (χ3n) is 2.20. The molecule has 4 nitrogen and oxygen atoms in total. The first-order valence-electron chi connectivity index (χ1n) is 4.75. The summed E-state index contributed by atoms with van der Waals surface area (Å²) in [5, 5.41) is 8.89. The van der Waals surface area contributed by atoms with Crippen molar-refractivity contribution in [2.75, 3.05) is 32.2 Å². The third-order valence-corrected chi connectivity index (χ3v) is 3.38. The number of likely N-dealkylation sites (N-methyl/N-ethyl adjacent to an activating group) is 1. The summed E-state index contributed by atoms with van der Waals surface area (Å²) in [7, 11) is -1.00. The van der Waals surface area contributed by atoms with Crippen molar-refractivity contribution < 1.29 is 13.5 Å². The molecule has 0 saturated carbocycles. The molecule has 0 aliphatic heterocycles. The maximum Gasteiger partial charge on any atom is 0.147 e. The molecule has 0 aromatic carbocycles. The number of sulfone groups is 1. The molecule has 0 saturated heterocycles. The van der Waals surface area contributed by atoms with E-state index in [9.17, 15) is 8.42 Å². The van der Waals surface area contributed by atoms with Crippen molar-refractivity contribution in [3.8, 4) is 0 Å². The van der Waals surface area contributed by atoms with Gasteiger partial charge in [0.05, 0.1) is 12.4 Å². The minimum atomic E-state index is -2.89. The highest BCUT2D eigenvalue weighted by molar-refractivity contribution is 7.90. The lowest BCUT2D eigenvalue weighted by molar-refractivity contribution is 0.148. The number of hydrogen-bond donors (Lipinski definition) is 1. The lowest BCUT2D eigenvalue weighted by Crippen LogP contribution is -2.36. The van der Waals surface area contributed by atoms with Crippen LogP contribution in [0.25, 0.3) is 0 Å². The predicted octanol–water partition coefficient (Wildman–Crippen LogP) is -0.0203. The molecule has 0 fully saturated rings. The van der Waals surface area contributed by atoms with Gasteiger partial charge in [-0.25, -0.2) is 8.42 Å². The van der Waals surface area contributed by atoms with Gasteiger partial charge in [0, 0.05) is 18.8 Å². The first-order chi connectivity index (χ1) is 6.26. The van der Waals surface area contributed by atoms with E-state index in [2.05, 4.69) is 0 Å². The monoisotopic (exact) mass is 223 g/mol. The van der Waals surface area contributed by atoms with E-state index in [4.69, 9.17) is 5.11 Å². The molecule has 0 aliphatic carbocycles. The summed E-state index contributed by atoms with van der Waals surface area (Å²) in [4.78, 5) is 1.97. The fourth-order valence-corrected chi connectivity index (χ4v) is 2.52. The average Bonchev–Trinajstić information content (AvgIpc) is 1.99. The van der Waals surface area contributed by atoms with Crippen molar-refractivity contribution in [3.63, 3.8) is 0 Å². The van der Waals surface area contributed by atoms with Crippen LogP contribution in [0.4, 0.5) is 0 Å². The van der Waals surface area contributed by atoms with Gasteiger partial charge < -0.3 is 10.0 Å². The van der Waals surface area contributed by atoms with Gasteiger partial charge in [0.25, 0.3) is 0 Å². The van der Waals surface area contributed by atoms with Gasteiger partial charge in [0.2, 0.25) is 0 Å². The minimum Gasteiger partial charge on any atom is -0.395 e. The second-order valence-corrected chi connectivity index (χ2v) is 6.35. The van der Waals surface area contributed by atoms with E-state index in [1.54, 1.807) is 0 Å². The highest BCUT2D eigenvalue weighted by atomic mass is 32.2. The van der Waals surface area contributed by atoms with Crippen molar-refractivity contribution in [2.45, 2.75) is 19.9 Å². The van der Waals surface area contributed by atoms with Gasteiger partial charge in [0.15, 0.2) is 0 Å². The largest absolute Gasteiger partial charge is 0.395 e. The van der Waals surface area contributed by atoms with Gasteiger partial charge in [-0.05, 0) is 19.9 Å². The molecule has 0 aliphatic rings. The Bertz CT molecular complexity index is 251. The fourth-order valence-electron chi connectivity index (χ4n) is 1.38. The zero-order chi connectivity index (χ0) is 11.4. The standard InChI is InChI=1S/C9H21NO3S/c1-8(7-14(4,12)13)5-10(3)9(2)6-11/h8-9,11H,5-7H2,1-4H3. The van der Waals surface area contributed by atoms with Gasteiger partial charge in [-0.3, -0.25) is 0 Å². The van der Waals surface area contributed by atoms with Crippen LogP contribution in [0.15, 0.2) is 0 Å². The first kappa shape index (κ1) is 13.9. The SMILES string of the molecule is CC(CN(C)C(C)CO)CS(C)(=O)=O. The molecule has 14 heavy (non-hydrogen) atoms. The summed E-state index contributed by atoms with van der Waals surface area (Å²) in [5.74, 6) is 0.305. The molecule has 0 amide bonds. The number of nitrogens with zero attached hydrogens (tertiary/aromatic N) is 1. The first-order valence-corrected chi connectivity index (χ1v) is 6.81. The number of aliphatic hydroxyl groups is 1. The Morgan fingerprint density at radius 3 is 2.21 bits per heavy atom. The Hall–Kier alpha value is -0.130. The lowest BCUT2D eigenvalue weighted by Gasteiger charge is -2.25. The highest BCUT2D eigenvalue weighted by Gasteiger charge is 2.15. The van der Waals surface area contributed by atoms with Crippen molar-refractivity contribution in [3.05, 3.63) is 0 Å². The van der Waals surface area contributed by atoms with E-state index in [-0.39, 0.29) is 24.3 Å².